The summed E-state index contributed by atoms with van der Waals surface area (Å²) in [6.07, 6.45) is 3.99. The van der Waals surface area contributed by atoms with Crippen LogP contribution in [0.5, 0.6) is 0 Å². The molecule has 1 aromatic heterocycles. The van der Waals surface area contributed by atoms with Gasteiger partial charge in [0.15, 0.2) is 0 Å². The second kappa shape index (κ2) is 7.43. The maximum atomic E-state index is 9.43. The molecule has 0 spiro atoms. The molecule has 1 saturated heterocycles. The Kier molecular flexibility index (Phi) is 5.57. The summed E-state index contributed by atoms with van der Waals surface area (Å²) in [5.41, 5.74) is 1.18. The SMILES string of the molecule is COCCNCc1cccnc1N1CCCC1CO. The number of nitrogens with zero attached hydrogens (tertiary/aromatic N) is 2. The van der Waals surface area contributed by atoms with Gasteiger partial charge in [0.2, 0.25) is 0 Å². The van der Waals surface area contributed by atoms with Gasteiger partial charge in [-0.15, -0.1) is 0 Å². The molecular weight excluding hydrogens is 242 g/mol. The van der Waals surface area contributed by atoms with E-state index in [1.165, 1.54) is 5.56 Å². The number of nitrogens with one attached hydrogen (secondary N) is 1. The molecule has 2 N–H and O–H groups in total. The third-order valence-corrected chi connectivity index (χ3v) is 3.53. The Bertz CT molecular complexity index is 387. The average Bonchev–Trinajstić information content (AvgIpc) is 2.92. The van der Waals surface area contributed by atoms with Crippen LogP contribution in [-0.4, -0.2) is 49.5 Å². The van der Waals surface area contributed by atoms with Gasteiger partial charge in [0.25, 0.3) is 0 Å². The highest BCUT2D eigenvalue weighted by atomic mass is 16.5. The molecule has 1 unspecified atom stereocenters. The third-order valence-electron chi connectivity index (χ3n) is 3.53. The highest BCUT2D eigenvalue weighted by Gasteiger charge is 2.26. The first-order valence-corrected chi connectivity index (χ1v) is 6.88. The van der Waals surface area contributed by atoms with Crippen LogP contribution in [0.1, 0.15) is 18.4 Å². The number of anilines is 1. The summed E-state index contributed by atoms with van der Waals surface area (Å²) in [5.74, 6) is 1.00. The molecule has 1 aliphatic rings. The van der Waals surface area contributed by atoms with Crippen molar-refractivity contribution in [2.75, 3.05) is 38.3 Å². The van der Waals surface area contributed by atoms with Crippen molar-refractivity contribution in [2.24, 2.45) is 0 Å². The Morgan fingerprint density at radius 2 is 2.47 bits per heavy atom. The minimum atomic E-state index is 0.202. The normalized spacial score (nSPS) is 19.1. The lowest BCUT2D eigenvalue weighted by atomic mass is 10.2. The topological polar surface area (TPSA) is 57.6 Å². The van der Waals surface area contributed by atoms with Gasteiger partial charge in [0.1, 0.15) is 5.82 Å². The van der Waals surface area contributed by atoms with E-state index in [2.05, 4.69) is 21.3 Å². The first-order chi connectivity index (χ1) is 9.36. The minimum absolute atomic E-state index is 0.202. The van der Waals surface area contributed by atoms with Gasteiger partial charge in [0, 0.05) is 38.5 Å². The van der Waals surface area contributed by atoms with Crippen molar-refractivity contribution in [3.8, 4) is 0 Å². The van der Waals surface area contributed by atoms with Gasteiger partial charge >= 0.3 is 0 Å². The monoisotopic (exact) mass is 265 g/mol. The molecule has 106 valence electrons. The maximum Gasteiger partial charge on any atom is 0.133 e. The lowest BCUT2D eigenvalue weighted by Crippen LogP contribution is -2.34. The van der Waals surface area contributed by atoms with E-state index in [0.717, 1.165) is 38.3 Å². The predicted molar refractivity (Wildman–Crippen MR) is 75.3 cm³/mol. The zero-order chi connectivity index (χ0) is 13.5. The number of methoxy groups -OCH3 is 1. The number of pyridine rings is 1. The van der Waals surface area contributed by atoms with Crippen LogP contribution in [0, 0.1) is 0 Å². The smallest absolute Gasteiger partial charge is 0.133 e. The third kappa shape index (κ3) is 3.65. The van der Waals surface area contributed by atoms with Crippen LogP contribution in [0.25, 0.3) is 0 Å². The second-order valence-corrected chi connectivity index (χ2v) is 4.83. The summed E-state index contributed by atoms with van der Waals surface area (Å²) < 4.78 is 5.02. The van der Waals surface area contributed by atoms with Gasteiger partial charge in [-0.2, -0.15) is 0 Å². The molecule has 2 heterocycles. The Hall–Kier alpha value is -1.17. The molecule has 1 aromatic rings. The summed E-state index contributed by atoms with van der Waals surface area (Å²) in [6.45, 7) is 3.49. The van der Waals surface area contributed by atoms with Crippen LogP contribution >= 0.6 is 0 Å². The zero-order valence-electron chi connectivity index (χ0n) is 11.5. The maximum absolute atomic E-state index is 9.43. The van der Waals surface area contributed by atoms with Crippen LogP contribution < -0.4 is 10.2 Å². The Balaban J connectivity index is 2.03. The van der Waals surface area contributed by atoms with Crippen molar-refractivity contribution in [1.29, 1.82) is 0 Å². The van der Waals surface area contributed by atoms with E-state index in [-0.39, 0.29) is 12.6 Å². The van der Waals surface area contributed by atoms with Crippen molar-refractivity contribution in [3.05, 3.63) is 23.9 Å². The van der Waals surface area contributed by atoms with Crippen molar-refractivity contribution in [3.63, 3.8) is 0 Å². The second-order valence-electron chi connectivity index (χ2n) is 4.83. The van der Waals surface area contributed by atoms with Crippen molar-refractivity contribution >= 4 is 5.82 Å². The largest absolute Gasteiger partial charge is 0.394 e. The lowest BCUT2D eigenvalue weighted by molar-refractivity contribution is 0.199. The van der Waals surface area contributed by atoms with Crippen molar-refractivity contribution < 1.29 is 9.84 Å². The predicted octanol–water partition coefficient (Wildman–Crippen LogP) is 0.779. The van der Waals surface area contributed by atoms with E-state index in [0.29, 0.717) is 6.61 Å². The first kappa shape index (κ1) is 14.2. The zero-order valence-corrected chi connectivity index (χ0v) is 11.5. The quantitative estimate of drug-likeness (QED) is 0.714. The van der Waals surface area contributed by atoms with Gasteiger partial charge in [0.05, 0.1) is 19.3 Å². The summed E-state index contributed by atoms with van der Waals surface area (Å²) >= 11 is 0. The highest BCUT2D eigenvalue weighted by Crippen LogP contribution is 2.26. The van der Waals surface area contributed by atoms with E-state index < -0.39 is 0 Å². The Morgan fingerprint density at radius 1 is 1.58 bits per heavy atom. The molecule has 5 heteroatoms. The molecule has 0 amide bonds. The van der Waals surface area contributed by atoms with Crippen LogP contribution in [0.4, 0.5) is 5.82 Å². The molecule has 0 radical (unpaired) electrons. The Labute approximate surface area is 114 Å². The van der Waals surface area contributed by atoms with Crippen molar-refractivity contribution in [1.82, 2.24) is 10.3 Å². The fourth-order valence-corrected chi connectivity index (χ4v) is 2.53. The Morgan fingerprint density at radius 3 is 3.26 bits per heavy atom. The number of rotatable bonds is 7. The highest BCUT2D eigenvalue weighted by molar-refractivity contribution is 5.48. The van der Waals surface area contributed by atoms with Gasteiger partial charge in [-0.05, 0) is 18.9 Å². The van der Waals surface area contributed by atoms with E-state index in [9.17, 15) is 5.11 Å². The summed E-state index contributed by atoms with van der Waals surface area (Å²) in [6, 6.07) is 4.27. The first-order valence-electron chi connectivity index (χ1n) is 6.88. The number of aliphatic hydroxyl groups is 1. The molecule has 0 saturated carbocycles. The summed E-state index contributed by atoms with van der Waals surface area (Å²) in [4.78, 5) is 6.73. The fraction of sp³-hybridized carbons (Fsp3) is 0.643. The van der Waals surface area contributed by atoms with Crippen LogP contribution in [0.15, 0.2) is 18.3 Å². The van der Waals surface area contributed by atoms with Gasteiger partial charge < -0.3 is 20.1 Å². The van der Waals surface area contributed by atoms with Crippen LogP contribution in [0.3, 0.4) is 0 Å². The average molecular weight is 265 g/mol. The number of ether oxygens (including phenoxy) is 1. The minimum Gasteiger partial charge on any atom is -0.394 e. The number of aromatic nitrogens is 1. The van der Waals surface area contributed by atoms with E-state index >= 15 is 0 Å². The number of hydrogen-bond donors (Lipinski definition) is 2. The fourth-order valence-electron chi connectivity index (χ4n) is 2.53. The number of hydrogen-bond acceptors (Lipinski definition) is 5. The van der Waals surface area contributed by atoms with Crippen LogP contribution in [0.2, 0.25) is 0 Å². The van der Waals surface area contributed by atoms with Crippen LogP contribution in [-0.2, 0) is 11.3 Å². The van der Waals surface area contributed by atoms with Gasteiger partial charge in [-0.3, -0.25) is 0 Å². The van der Waals surface area contributed by atoms with Crippen molar-refractivity contribution in [2.45, 2.75) is 25.4 Å². The van der Waals surface area contributed by atoms with Gasteiger partial charge in [-0.25, -0.2) is 4.98 Å². The number of aliphatic hydroxyl groups excluding tert-OH is 1. The summed E-state index contributed by atoms with van der Waals surface area (Å²) in [7, 11) is 1.70. The standard InChI is InChI=1S/C14H23N3O2/c1-19-9-7-15-10-12-4-2-6-16-14(12)17-8-3-5-13(17)11-18/h2,4,6,13,15,18H,3,5,7-11H2,1H3. The lowest BCUT2D eigenvalue weighted by Gasteiger charge is -2.26. The molecular formula is C14H23N3O2. The van der Waals surface area contributed by atoms with E-state index in [1.54, 1.807) is 7.11 Å². The molecule has 0 aliphatic carbocycles. The van der Waals surface area contributed by atoms with Gasteiger partial charge in [-0.1, -0.05) is 6.07 Å². The van der Waals surface area contributed by atoms with E-state index in [4.69, 9.17) is 4.74 Å². The molecule has 1 fully saturated rings. The molecule has 19 heavy (non-hydrogen) atoms. The molecule has 2 rings (SSSR count). The molecule has 0 aromatic carbocycles. The molecule has 5 nitrogen and oxygen atoms in total. The summed E-state index contributed by atoms with van der Waals surface area (Å²) in [5, 5.41) is 12.8. The molecule has 1 atom stereocenters. The van der Waals surface area contributed by atoms with E-state index in [1.807, 2.05) is 12.3 Å². The molecule has 1 aliphatic heterocycles. The molecule has 0 bridgehead atoms.